The third kappa shape index (κ3) is 5.51. The number of H-pyrrole nitrogens is 1. The van der Waals surface area contributed by atoms with Gasteiger partial charge in [0, 0.05) is 18.0 Å². The third-order valence-electron chi connectivity index (χ3n) is 4.17. The highest BCUT2D eigenvalue weighted by Gasteiger charge is 2.25. The van der Waals surface area contributed by atoms with Crippen LogP contribution in [0.4, 0.5) is 11.5 Å². The molecule has 2 rings (SSSR count). The Hall–Kier alpha value is -2.48. The molecule has 0 saturated heterocycles. The Morgan fingerprint density at radius 3 is 2.54 bits per heavy atom. The first-order valence-electron chi connectivity index (χ1n) is 9.46. The van der Waals surface area contributed by atoms with Gasteiger partial charge in [-0.25, -0.2) is 4.79 Å². The van der Waals surface area contributed by atoms with Gasteiger partial charge >= 0.3 is 5.69 Å². The van der Waals surface area contributed by atoms with Gasteiger partial charge in [0.05, 0.1) is 5.75 Å². The summed E-state index contributed by atoms with van der Waals surface area (Å²) in [5, 5.41) is 0. The molecular formula is C20H28N4O3S. The molecule has 0 radical (unpaired) electrons. The summed E-state index contributed by atoms with van der Waals surface area (Å²) in [6, 6.07) is 9.58. The van der Waals surface area contributed by atoms with Crippen LogP contribution in [0.3, 0.4) is 0 Å². The van der Waals surface area contributed by atoms with Crippen molar-refractivity contribution >= 4 is 29.2 Å². The zero-order chi connectivity index (χ0) is 20.7. The number of nitrogens with one attached hydrogen (secondary N) is 1. The molecule has 0 aliphatic carbocycles. The van der Waals surface area contributed by atoms with Crippen molar-refractivity contribution in [3.8, 4) is 0 Å². The summed E-state index contributed by atoms with van der Waals surface area (Å²) in [5.41, 5.74) is 5.07. The Labute approximate surface area is 168 Å². The highest BCUT2D eigenvalue weighted by molar-refractivity contribution is 8.00. The fourth-order valence-electron chi connectivity index (χ4n) is 2.80. The average molecular weight is 405 g/mol. The number of nitrogens with two attached hydrogens (primary N) is 1. The molecule has 8 heteroatoms. The lowest BCUT2D eigenvalue weighted by molar-refractivity contribution is -0.116. The van der Waals surface area contributed by atoms with E-state index < -0.39 is 11.2 Å². The summed E-state index contributed by atoms with van der Waals surface area (Å²) in [5.74, 6) is 0.116. The molecule has 1 aromatic heterocycles. The van der Waals surface area contributed by atoms with E-state index in [1.807, 2.05) is 51.1 Å². The molecule has 7 nitrogen and oxygen atoms in total. The summed E-state index contributed by atoms with van der Waals surface area (Å²) in [6.45, 7) is 6.66. The molecule has 1 aromatic carbocycles. The normalized spacial score (nSPS) is 11.0. The van der Waals surface area contributed by atoms with Crippen LogP contribution in [0.25, 0.3) is 0 Å². The van der Waals surface area contributed by atoms with Crippen LogP contribution in [-0.2, 0) is 11.3 Å². The van der Waals surface area contributed by atoms with Crippen molar-refractivity contribution in [2.75, 3.05) is 22.9 Å². The monoisotopic (exact) mass is 404 g/mol. The predicted molar refractivity (Wildman–Crippen MR) is 115 cm³/mol. The highest BCUT2D eigenvalue weighted by atomic mass is 32.2. The van der Waals surface area contributed by atoms with Gasteiger partial charge in [-0.05, 0) is 24.5 Å². The molecule has 0 aliphatic heterocycles. The molecule has 3 N–H and O–H groups in total. The number of benzene rings is 1. The summed E-state index contributed by atoms with van der Waals surface area (Å²) >= 11 is 1.40. The Kier molecular flexibility index (Phi) is 7.92. The minimum atomic E-state index is -0.631. The molecule has 0 fully saturated rings. The van der Waals surface area contributed by atoms with Crippen LogP contribution in [0.15, 0.2) is 44.8 Å². The number of nitrogen functional groups attached to an aromatic ring is 1. The van der Waals surface area contributed by atoms with Gasteiger partial charge in [0.25, 0.3) is 5.56 Å². The quantitative estimate of drug-likeness (QED) is 0.626. The summed E-state index contributed by atoms with van der Waals surface area (Å²) in [4.78, 5) is 42.4. The molecule has 2 aromatic rings. The Morgan fingerprint density at radius 1 is 1.25 bits per heavy atom. The van der Waals surface area contributed by atoms with E-state index in [0.29, 0.717) is 13.1 Å². The number of hydrogen-bond donors (Lipinski definition) is 2. The molecule has 0 saturated carbocycles. The lowest BCUT2D eigenvalue weighted by Gasteiger charge is -2.26. The first-order chi connectivity index (χ1) is 13.3. The van der Waals surface area contributed by atoms with Crippen LogP contribution >= 0.6 is 11.8 Å². The van der Waals surface area contributed by atoms with Gasteiger partial charge < -0.3 is 10.6 Å². The predicted octanol–water partition coefficient (Wildman–Crippen LogP) is 2.70. The van der Waals surface area contributed by atoms with Crippen LogP contribution in [-0.4, -0.2) is 27.8 Å². The van der Waals surface area contributed by atoms with Crippen molar-refractivity contribution in [3.05, 3.63) is 51.2 Å². The number of hydrogen-bond acceptors (Lipinski definition) is 5. The van der Waals surface area contributed by atoms with E-state index in [-0.39, 0.29) is 29.1 Å². The zero-order valence-corrected chi connectivity index (χ0v) is 17.4. The Bertz CT molecular complexity index is 906. The van der Waals surface area contributed by atoms with E-state index in [9.17, 15) is 14.4 Å². The fourth-order valence-corrected chi connectivity index (χ4v) is 3.59. The minimum Gasteiger partial charge on any atom is -0.383 e. The molecule has 0 bridgehead atoms. The van der Waals surface area contributed by atoms with E-state index in [4.69, 9.17) is 5.73 Å². The van der Waals surface area contributed by atoms with Crippen LogP contribution in [0.5, 0.6) is 0 Å². The van der Waals surface area contributed by atoms with Gasteiger partial charge in [0.15, 0.2) is 5.69 Å². The Balaban J connectivity index is 2.37. The summed E-state index contributed by atoms with van der Waals surface area (Å²) in [6.07, 6.45) is 1.63. The van der Waals surface area contributed by atoms with Gasteiger partial charge in [0.1, 0.15) is 5.82 Å². The van der Waals surface area contributed by atoms with Crippen LogP contribution < -0.4 is 21.9 Å². The van der Waals surface area contributed by atoms with Crippen LogP contribution in [0, 0.1) is 5.92 Å². The molecular weight excluding hydrogens is 376 g/mol. The van der Waals surface area contributed by atoms with Gasteiger partial charge in [-0.3, -0.25) is 19.1 Å². The molecule has 0 aliphatic rings. The number of carbonyl (C=O) groups excluding carboxylic acids is 1. The first-order valence-corrected chi connectivity index (χ1v) is 10.4. The standard InChI is InChI=1S/C20H28N4O3S/c1-4-5-11-23-18(21)17(19(26)22-20(23)27)24(12-14(2)3)16(25)13-28-15-9-7-6-8-10-15/h6-10,14H,4-5,11-13,21H2,1-3H3,(H,22,26,27). The van der Waals surface area contributed by atoms with Crippen molar-refractivity contribution in [1.82, 2.24) is 9.55 Å². The second-order valence-electron chi connectivity index (χ2n) is 7.00. The maximum absolute atomic E-state index is 13.0. The van der Waals surface area contributed by atoms with Crippen LogP contribution in [0.1, 0.15) is 33.6 Å². The highest BCUT2D eigenvalue weighted by Crippen LogP contribution is 2.22. The number of carbonyl (C=O) groups is 1. The largest absolute Gasteiger partial charge is 0.383 e. The lowest BCUT2D eigenvalue weighted by Crippen LogP contribution is -2.43. The van der Waals surface area contributed by atoms with E-state index in [2.05, 4.69) is 4.98 Å². The first kappa shape index (κ1) is 21.8. The number of rotatable bonds is 9. The number of thioether (sulfide) groups is 1. The lowest BCUT2D eigenvalue weighted by atomic mass is 10.2. The topological polar surface area (TPSA) is 101 Å². The molecule has 0 atom stereocenters. The number of unbranched alkanes of at least 4 members (excludes halogenated alkanes) is 1. The maximum Gasteiger partial charge on any atom is 0.330 e. The number of anilines is 2. The zero-order valence-electron chi connectivity index (χ0n) is 16.6. The maximum atomic E-state index is 13.0. The van der Waals surface area contributed by atoms with E-state index in [0.717, 1.165) is 17.7 Å². The van der Waals surface area contributed by atoms with E-state index in [1.54, 1.807) is 0 Å². The molecule has 0 spiro atoms. The molecule has 1 amide bonds. The fraction of sp³-hybridized carbons (Fsp3) is 0.450. The van der Waals surface area contributed by atoms with Crippen molar-refractivity contribution in [2.24, 2.45) is 5.92 Å². The van der Waals surface area contributed by atoms with Gasteiger partial charge in [-0.2, -0.15) is 0 Å². The van der Waals surface area contributed by atoms with Gasteiger partial charge in [0.2, 0.25) is 5.91 Å². The second kappa shape index (κ2) is 10.2. The number of aromatic amines is 1. The third-order valence-corrected chi connectivity index (χ3v) is 5.17. The second-order valence-corrected chi connectivity index (χ2v) is 8.05. The van der Waals surface area contributed by atoms with Crippen molar-refractivity contribution in [1.29, 1.82) is 0 Å². The van der Waals surface area contributed by atoms with E-state index in [1.165, 1.54) is 21.2 Å². The SMILES string of the molecule is CCCCn1c(N)c(N(CC(C)C)C(=O)CSc2ccccc2)c(=O)[nH]c1=O. The number of aromatic nitrogens is 2. The van der Waals surface area contributed by atoms with Crippen molar-refractivity contribution in [2.45, 2.75) is 45.1 Å². The van der Waals surface area contributed by atoms with Gasteiger partial charge in [-0.1, -0.05) is 45.4 Å². The molecule has 152 valence electrons. The average Bonchev–Trinajstić information content (AvgIpc) is 2.65. The number of nitrogens with zero attached hydrogens (tertiary/aromatic N) is 2. The molecule has 1 heterocycles. The number of amides is 1. The Morgan fingerprint density at radius 2 is 1.93 bits per heavy atom. The van der Waals surface area contributed by atoms with Crippen LogP contribution in [0.2, 0.25) is 0 Å². The summed E-state index contributed by atoms with van der Waals surface area (Å²) < 4.78 is 1.34. The van der Waals surface area contributed by atoms with Crippen molar-refractivity contribution < 1.29 is 4.79 Å². The molecule has 28 heavy (non-hydrogen) atoms. The van der Waals surface area contributed by atoms with E-state index >= 15 is 0 Å². The van der Waals surface area contributed by atoms with Crippen molar-refractivity contribution in [3.63, 3.8) is 0 Å². The summed E-state index contributed by atoms with van der Waals surface area (Å²) in [7, 11) is 0. The molecule has 0 unspecified atom stereocenters. The van der Waals surface area contributed by atoms with Gasteiger partial charge in [-0.15, -0.1) is 11.8 Å². The minimum absolute atomic E-state index is 0.0425. The smallest absolute Gasteiger partial charge is 0.330 e.